The normalized spacial score (nSPS) is 12.3. The Hall–Kier alpha value is -1.62. The highest BCUT2D eigenvalue weighted by molar-refractivity contribution is 5.70. The van der Waals surface area contributed by atoms with E-state index in [1.807, 2.05) is 0 Å². The van der Waals surface area contributed by atoms with Crippen LogP contribution in [0, 0.1) is 0 Å². The van der Waals surface area contributed by atoms with E-state index in [4.69, 9.17) is 14.2 Å². The molecule has 0 heterocycles. The van der Waals surface area contributed by atoms with Crippen molar-refractivity contribution < 1.29 is 23.8 Å². The standard InChI is InChI=1S/C49H92O5/c1-4-7-10-13-16-19-22-24-25-26-28-30-33-36-39-42-48(50)53-46-47(45-52-44-41-38-35-32-29-23-20-17-14-11-8-5-2)54-49(51)43-40-37-34-31-27-21-18-15-12-9-6-3/h14,17,24-25,47H,4-13,15-16,18-23,26-46H2,1-3H3/b17-14-,25-24-. The zero-order chi connectivity index (χ0) is 39.3. The Morgan fingerprint density at radius 2 is 0.741 bits per heavy atom. The van der Waals surface area contributed by atoms with Crippen LogP contribution in [0.25, 0.3) is 0 Å². The van der Waals surface area contributed by atoms with Gasteiger partial charge in [-0.05, 0) is 64.2 Å². The quantitative estimate of drug-likeness (QED) is 0.0352. The second kappa shape index (κ2) is 45.8. The maximum Gasteiger partial charge on any atom is 0.306 e. The SMILES string of the molecule is CCCC/C=C\CCCCCCCCOCC(COC(=O)CCCCCCC/C=C\CCCCCCCC)OC(=O)CCCCCCCCCCCCC. The first-order valence-corrected chi connectivity index (χ1v) is 23.9. The number of ether oxygens (including phenoxy) is 3. The van der Waals surface area contributed by atoms with Crippen LogP contribution in [0.4, 0.5) is 0 Å². The summed E-state index contributed by atoms with van der Waals surface area (Å²) in [6, 6.07) is 0. The van der Waals surface area contributed by atoms with E-state index in [0.717, 1.165) is 51.4 Å². The smallest absolute Gasteiger partial charge is 0.306 e. The Balaban J connectivity index is 4.23. The third kappa shape index (κ3) is 43.1. The molecule has 0 amide bonds. The summed E-state index contributed by atoms with van der Waals surface area (Å²) in [4.78, 5) is 25.2. The monoisotopic (exact) mass is 761 g/mol. The first kappa shape index (κ1) is 52.4. The molecular weight excluding hydrogens is 669 g/mol. The molecule has 1 atom stereocenters. The van der Waals surface area contributed by atoms with Gasteiger partial charge >= 0.3 is 11.9 Å². The predicted molar refractivity (Wildman–Crippen MR) is 233 cm³/mol. The van der Waals surface area contributed by atoms with Gasteiger partial charge in [-0.25, -0.2) is 0 Å². The number of carbonyl (C=O) groups excluding carboxylic acids is 2. The topological polar surface area (TPSA) is 61.8 Å². The number of hydrogen-bond acceptors (Lipinski definition) is 5. The summed E-state index contributed by atoms with van der Waals surface area (Å²) in [5.41, 5.74) is 0. The zero-order valence-electron chi connectivity index (χ0n) is 36.5. The predicted octanol–water partition coefficient (Wildman–Crippen LogP) is 15.7. The summed E-state index contributed by atoms with van der Waals surface area (Å²) in [6.45, 7) is 7.79. The maximum atomic E-state index is 12.7. The van der Waals surface area contributed by atoms with Gasteiger partial charge in [0.05, 0.1) is 6.61 Å². The molecule has 0 aliphatic carbocycles. The van der Waals surface area contributed by atoms with Crippen LogP contribution in [0.5, 0.6) is 0 Å². The molecule has 5 heteroatoms. The number of allylic oxidation sites excluding steroid dienone is 4. The van der Waals surface area contributed by atoms with E-state index in [1.54, 1.807) is 0 Å². The lowest BCUT2D eigenvalue weighted by atomic mass is 10.1. The van der Waals surface area contributed by atoms with Gasteiger partial charge in [-0.2, -0.15) is 0 Å². The van der Waals surface area contributed by atoms with Crippen molar-refractivity contribution in [2.24, 2.45) is 0 Å². The Labute approximate surface area is 337 Å². The van der Waals surface area contributed by atoms with Gasteiger partial charge in [0.15, 0.2) is 6.10 Å². The minimum atomic E-state index is -0.534. The van der Waals surface area contributed by atoms with Gasteiger partial charge in [-0.15, -0.1) is 0 Å². The van der Waals surface area contributed by atoms with Crippen molar-refractivity contribution in [3.8, 4) is 0 Å². The average Bonchev–Trinajstić information content (AvgIpc) is 3.17. The lowest BCUT2D eigenvalue weighted by Gasteiger charge is -2.18. The number of hydrogen-bond donors (Lipinski definition) is 0. The van der Waals surface area contributed by atoms with E-state index in [9.17, 15) is 9.59 Å². The van der Waals surface area contributed by atoms with Crippen LogP contribution >= 0.6 is 0 Å². The van der Waals surface area contributed by atoms with Crippen molar-refractivity contribution in [2.45, 2.75) is 258 Å². The first-order chi connectivity index (χ1) is 26.6. The van der Waals surface area contributed by atoms with Gasteiger partial charge in [-0.1, -0.05) is 199 Å². The summed E-state index contributed by atoms with van der Waals surface area (Å²) in [7, 11) is 0. The van der Waals surface area contributed by atoms with Gasteiger partial charge in [-0.3, -0.25) is 9.59 Å². The van der Waals surface area contributed by atoms with Gasteiger partial charge in [0.1, 0.15) is 6.61 Å². The number of esters is 2. The summed E-state index contributed by atoms with van der Waals surface area (Å²) in [5, 5.41) is 0. The van der Waals surface area contributed by atoms with Gasteiger partial charge < -0.3 is 14.2 Å². The molecule has 0 fully saturated rings. The fourth-order valence-corrected chi connectivity index (χ4v) is 6.84. The van der Waals surface area contributed by atoms with E-state index in [1.165, 1.54) is 167 Å². The van der Waals surface area contributed by atoms with Crippen LogP contribution in [-0.4, -0.2) is 37.9 Å². The van der Waals surface area contributed by atoms with E-state index >= 15 is 0 Å². The molecule has 0 aliphatic heterocycles. The molecule has 5 nitrogen and oxygen atoms in total. The second-order valence-electron chi connectivity index (χ2n) is 16.0. The molecule has 0 rings (SSSR count). The van der Waals surface area contributed by atoms with Crippen molar-refractivity contribution in [1.29, 1.82) is 0 Å². The third-order valence-electron chi connectivity index (χ3n) is 10.5. The molecule has 0 aromatic rings. The van der Waals surface area contributed by atoms with Crippen molar-refractivity contribution >= 4 is 11.9 Å². The molecule has 54 heavy (non-hydrogen) atoms. The van der Waals surface area contributed by atoms with Crippen molar-refractivity contribution in [3.05, 3.63) is 24.3 Å². The fraction of sp³-hybridized carbons (Fsp3) is 0.878. The molecule has 0 aromatic heterocycles. The van der Waals surface area contributed by atoms with Crippen molar-refractivity contribution in [3.63, 3.8) is 0 Å². The molecule has 0 saturated heterocycles. The van der Waals surface area contributed by atoms with Gasteiger partial charge in [0.25, 0.3) is 0 Å². The van der Waals surface area contributed by atoms with Crippen LogP contribution < -0.4 is 0 Å². The lowest BCUT2D eigenvalue weighted by Crippen LogP contribution is -2.30. The maximum absolute atomic E-state index is 12.7. The Kier molecular flexibility index (Phi) is 44.4. The van der Waals surface area contributed by atoms with Gasteiger partial charge in [0.2, 0.25) is 0 Å². The molecule has 0 bridgehead atoms. The van der Waals surface area contributed by atoms with Crippen LogP contribution in [-0.2, 0) is 23.8 Å². The Morgan fingerprint density at radius 1 is 0.389 bits per heavy atom. The van der Waals surface area contributed by atoms with E-state index in [0.29, 0.717) is 19.4 Å². The molecule has 0 aliphatic rings. The van der Waals surface area contributed by atoms with Crippen LogP contribution in [0.1, 0.15) is 252 Å². The molecular formula is C49H92O5. The van der Waals surface area contributed by atoms with Crippen LogP contribution in [0.15, 0.2) is 24.3 Å². The first-order valence-electron chi connectivity index (χ1n) is 23.9. The highest BCUT2D eigenvalue weighted by atomic mass is 16.6. The largest absolute Gasteiger partial charge is 0.462 e. The third-order valence-corrected chi connectivity index (χ3v) is 10.5. The van der Waals surface area contributed by atoms with Gasteiger partial charge in [0, 0.05) is 19.4 Å². The van der Waals surface area contributed by atoms with Crippen LogP contribution in [0.2, 0.25) is 0 Å². The molecule has 1 unspecified atom stereocenters. The Morgan fingerprint density at radius 3 is 1.19 bits per heavy atom. The van der Waals surface area contributed by atoms with E-state index in [-0.39, 0.29) is 25.2 Å². The minimum absolute atomic E-state index is 0.0841. The second-order valence-corrected chi connectivity index (χ2v) is 16.0. The number of rotatable bonds is 44. The molecule has 0 radical (unpaired) electrons. The summed E-state index contributed by atoms with van der Waals surface area (Å²) < 4.78 is 17.3. The molecule has 0 saturated carbocycles. The summed E-state index contributed by atoms with van der Waals surface area (Å²) >= 11 is 0. The Bertz CT molecular complexity index is 821. The van der Waals surface area contributed by atoms with Crippen LogP contribution in [0.3, 0.4) is 0 Å². The minimum Gasteiger partial charge on any atom is -0.462 e. The van der Waals surface area contributed by atoms with E-state index in [2.05, 4.69) is 45.1 Å². The fourth-order valence-electron chi connectivity index (χ4n) is 6.84. The van der Waals surface area contributed by atoms with E-state index < -0.39 is 6.10 Å². The molecule has 0 N–H and O–H groups in total. The summed E-state index contributed by atoms with van der Waals surface area (Å²) in [6.07, 6.45) is 51.7. The van der Waals surface area contributed by atoms with Crippen molar-refractivity contribution in [1.82, 2.24) is 0 Å². The highest BCUT2D eigenvalue weighted by Crippen LogP contribution is 2.14. The molecule has 0 spiro atoms. The number of carbonyl (C=O) groups is 2. The highest BCUT2D eigenvalue weighted by Gasteiger charge is 2.17. The summed E-state index contributed by atoms with van der Waals surface area (Å²) in [5.74, 6) is -0.400. The lowest BCUT2D eigenvalue weighted by molar-refractivity contribution is -0.163. The molecule has 0 aromatic carbocycles. The average molecular weight is 761 g/mol. The number of unbranched alkanes of at least 4 members (excludes halogenated alkanes) is 29. The zero-order valence-corrected chi connectivity index (χ0v) is 36.5. The van der Waals surface area contributed by atoms with Crippen molar-refractivity contribution in [2.75, 3.05) is 19.8 Å². The molecule has 318 valence electrons.